The molecule has 29 heavy (non-hydrogen) atoms. The Morgan fingerprint density at radius 3 is 2.24 bits per heavy atom. The lowest BCUT2D eigenvalue weighted by Crippen LogP contribution is -2.15. The largest absolute Gasteiger partial charge is 0.322 e. The summed E-state index contributed by atoms with van der Waals surface area (Å²) in [5, 5.41) is 14.0. The SMILES string of the molecule is N#Cc1cccc(NC(=O)c2cccc(NC(=O)c3cc(F)c(Cl)cc3Cl)c2)c1. The minimum absolute atomic E-state index is 0.000159. The van der Waals surface area contributed by atoms with Crippen molar-refractivity contribution in [3.63, 3.8) is 0 Å². The highest BCUT2D eigenvalue weighted by molar-refractivity contribution is 6.37. The fraction of sp³-hybridized carbons (Fsp3) is 0. The average molecular weight is 428 g/mol. The summed E-state index contributed by atoms with van der Waals surface area (Å²) in [6, 6.07) is 16.7. The summed E-state index contributed by atoms with van der Waals surface area (Å²) in [4.78, 5) is 24.9. The standard InChI is InChI=1S/C21H12Cl2FN3O2/c22-17-10-18(23)19(24)9-16(17)21(29)27-15-6-2-4-13(8-15)20(28)26-14-5-1-3-12(7-14)11-25/h1-10H,(H,26,28)(H,27,29). The molecule has 0 aliphatic heterocycles. The summed E-state index contributed by atoms with van der Waals surface area (Å²) in [7, 11) is 0. The van der Waals surface area contributed by atoms with Crippen LogP contribution in [0.1, 0.15) is 26.3 Å². The normalized spacial score (nSPS) is 10.1. The number of amides is 2. The molecule has 0 aliphatic carbocycles. The lowest BCUT2D eigenvalue weighted by atomic mass is 10.1. The highest BCUT2D eigenvalue weighted by atomic mass is 35.5. The number of nitrogens with zero attached hydrogens (tertiary/aromatic N) is 1. The number of nitrogens with one attached hydrogen (secondary N) is 2. The first kappa shape index (κ1) is 20.3. The molecule has 5 nitrogen and oxygen atoms in total. The number of halogens is 3. The Labute approximate surface area is 175 Å². The Morgan fingerprint density at radius 2 is 1.52 bits per heavy atom. The average Bonchev–Trinajstić information content (AvgIpc) is 2.71. The maximum Gasteiger partial charge on any atom is 0.257 e. The van der Waals surface area contributed by atoms with Gasteiger partial charge >= 0.3 is 0 Å². The van der Waals surface area contributed by atoms with E-state index in [1.54, 1.807) is 42.5 Å². The summed E-state index contributed by atoms with van der Waals surface area (Å²) in [6.45, 7) is 0. The van der Waals surface area contributed by atoms with Crippen LogP contribution in [0.5, 0.6) is 0 Å². The van der Waals surface area contributed by atoms with Gasteiger partial charge in [-0.25, -0.2) is 4.39 Å². The summed E-state index contributed by atoms with van der Waals surface area (Å²) < 4.78 is 13.6. The topological polar surface area (TPSA) is 82.0 Å². The Kier molecular flexibility index (Phi) is 6.13. The van der Waals surface area contributed by atoms with Crippen molar-refractivity contribution in [3.8, 4) is 6.07 Å². The Balaban J connectivity index is 1.77. The van der Waals surface area contributed by atoms with Gasteiger partial charge in [-0.3, -0.25) is 9.59 Å². The maximum absolute atomic E-state index is 13.6. The van der Waals surface area contributed by atoms with Crippen molar-refractivity contribution in [3.05, 3.63) is 93.2 Å². The van der Waals surface area contributed by atoms with Gasteiger partial charge in [0.15, 0.2) is 0 Å². The van der Waals surface area contributed by atoms with Crippen LogP contribution in [0.2, 0.25) is 10.0 Å². The lowest BCUT2D eigenvalue weighted by Gasteiger charge is -2.10. The Hall–Kier alpha value is -3.40. The van der Waals surface area contributed by atoms with Crippen LogP contribution < -0.4 is 10.6 Å². The lowest BCUT2D eigenvalue weighted by molar-refractivity contribution is 0.101. The van der Waals surface area contributed by atoms with Gasteiger partial charge in [-0.15, -0.1) is 0 Å². The number of benzene rings is 3. The van der Waals surface area contributed by atoms with Gasteiger partial charge in [0, 0.05) is 16.9 Å². The molecule has 0 heterocycles. The summed E-state index contributed by atoms with van der Waals surface area (Å²) >= 11 is 11.6. The quantitative estimate of drug-likeness (QED) is 0.538. The molecule has 0 atom stereocenters. The second-order valence-corrected chi connectivity index (χ2v) is 6.74. The number of carbonyl (C=O) groups is 2. The summed E-state index contributed by atoms with van der Waals surface area (Å²) in [5.74, 6) is -1.84. The van der Waals surface area contributed by atoms with Crippen molar-refractivity contribution in [2.24, 2.45) is 0 Å². The van der Waals surface area contributed by atoms with E-state index in [1.807, 2.05) is 6.07 Å². The first-order valence-electron chi connectivity index (χ1n) is 8.25. The van der Waals surface area contributed by atoms with E-state index in [1.165, 1.54) is 6.07 Å². The highest BCUT2D eigenvalue weighted by Crippen LogP contribution is 2.25. The molecule has 0 saturated carbocycles. The van der Waals surface area contributed by atoms with Gasteiger partial charge in [0.25, 0.3) is 11.8 Å². The predicted octanol–water partition coefficient (Wildman–Crippen LogP) is 5.51. The zero-order chi connectivity index (χ0) is 21.0. The molecule has 3 aromatic rings. The second kappa shape index (κ2) is 8.74. The van der Waals surface area contributed by atoms with Crippen molar-refractivity contribution in [1.29, 1.82) is 5.26 Å². The molecule has 144 valence electrons. The van der Waals surface area contributed by atoms with E-state index in [-0.39, 0.29) is 21.2 Å². The van der Waals surface area contributed by atoms with E-state index in [0.717, 1.165) is 12.1 Å². The van der Waals surface area contributed by atoms with Gasteiger partial charge in [-0.05, 0) is 48.5 Å². The van der Waals surface area contributed by atoms with Gasteiger partial charge in [-0.2, -0.15) is 5.26 Å². The van der Waals surface area contributed by atoms with Crippen LogP contribution in [0.3, 0.4) is 0 Å². The monoisotopic (exact) mass is 427 g/mol. The molecule has 0 saturated heterocycles. The third-order valence-corrected chi connectivity index (χ3v) is 4.49. The molecule has 3 rings (SSSR count). The Bertz CT molecular complexity index is 1160. The number of hydrogen-bond donors (Lipinski definition) is 2. The number of rotatable bonds is 4. The molecule has 0 aliphatic rings. The van der Waals surface area contributed by atoms with Gasteiger partial charge in [0.05, 0.1) is 27.2 Å². The molecule has 2 amide bonds. The molecule has 8 heteroatoms. The molecule has 0 fully saturated rings. The predicted molar refractivity (Wildman–Crippen MR) is 110 cm³/mol. The zero-order valence-electron chi connectivity index (χ0n) is 14.7. The summed E-state index contributed by atoms with van der Waals surface area (Å²) in [6.07, 6.45) is 0. The molecule has 0 spiro atoms. The molecule has 0 radical (unpaired) electrons. The fourth-order valence-electron chi connectivity index (χ4n) is 2.50. The molecule has 0 unspecified atom stereocenters. The van der Waals surface area contributed by atoms with E-state index < -0.39 is 17.6 Å². The Morgan fingerprint density at radius 1 is 0.862 bits per heavy atom. The van der Waals surface area contributed by atoms with Crippen LogP contribution in [0, 0.1) is 17.1 Å². The molecular formula is C21H12Cl2FN3O2. The van der Waals surface area contributed by atoms with E-state index in [0.29, 0.717) is 16.9 Å². The molecule has 0 aromatic heterocycles. The third-order valence-electron chi connectivity index (χ3n) is 3.89. The zero-order valence-corrected chi connectivity index (χ0v) is 16.2. The number of nitriles is 1. The van der Waals surface area contributed by atoms with Crippen LogP contribution in [-0.2, 0) is 0 Å². The van der Waals surface area contributed by atoms with Gasteiger partial charge in [0.2, 0.25) is 0 Å². The van der Waals surface area contributed by atoms with Crippen LogP contribution >= 0.6 is 23.2 Å². The van der Waals surface area contributed by atoms with E-state index in [9.17, 15) is 14.0 Å². The molecule has 3 aromatic carbocycles. The molecule has 2 N–H and O–H groups in total. The van der Waals surface area contributed by atoms with Crippen molar-refractivity contribution in [2.75, 3.05) is 10.6 Å². The number of hydrogen-bond acceptors (Lipinski definition) is 3. The van der Waals surface area contributed by atoms with E-state index in [4.69, 9.17) is 28.5 Å². The van der Waals surface area contributed by atoms with E-state index >= 15 is 0 Å². The highest BCUT2D eigenvalue weighted by Gasteiger charge is 2.15. The minimum atomic E-state index is -0.769. The maximum atomic E-state index is 13.6. The van der Waals surface area contributed by atoms with Crippen LogP contribution in [0.15, 0.2) is 60.7 Å². The smallest absolute Gasteiger partial charge is 0.257 e. The second-order valence-electron chi connectivity index (χ2n) is 5.93. The van der Waals surface area contributed by atoms with Crippen LogP contribution in [0.25, 0.3) is 0 Å². The van der Waals surface area contributed by atoms with Crippen molar-refractivity contribution in [1.82, 2.24) is 0 Å². The van der Waals surface area contributed by atoms with Crippen LogP contribution in [0.4, 0.5) is 15.8 Å². The van der Waals surface area contributed by atoms with Crippen molar-refractivity contribution < 1.29 is 14.0 Å². The van der Waals surface area contributed by atoms with Gasteiger partial charge in [-0.1, -0.05) is 35.3 Å². The van der Waals surface area contributed by atoms with Crippen molar-refractivity contribution in [2.45, 2.75) is 0 Å². The first-order chi connectivity index (χ1) is 13.9. The summed E-state index contributed by atoms with van der Waals surface area (Å²) in [5.41, 5.74) is 1.39. The molecular weight excluding hydrogens is 416 g/mol. The fourth-order valence-corrected chi connectivity index (χ4v) is 2.97. The van der Waals surface area contributed by atoms with E-state index in [2.05, 4.69) is 10.6 Å². The first-order valence-corrected chi connectivity index (χ1v) is 9.00. The third kappa shape index (κ3) is 4.91. The molecule has 0 bridgehead atoms. The number of anilines is 2. The van der Waals surface area contributed by atoms with Crippen LogP contribution in [-0.4, -0.2) is 11.8 Å². The minimum Gasteiger partial charge on any atom is -0.322 e. The van der Waals surface area contributed by atoms with Crippen molar-refractivity contribution >= 4 is 46.4 Å². The number of carbonyl (C=O) groups excluding carboxylic acids is 2. The van der Waals surface area contributed by atoms with Gasteiger partial charge < -0.3 is 10.6 Å². The van der Waals surface area contributed by atoms with Gasteiger partial charge in [0.1, 0.15) is 5.82 Å².